The van der Waals surface area contributed by atoms with E-state index in [-0.39, 0.29) is 5.91 Å². The van der Waals surface area contributed by atoms with E-state index in [4.69, 9.17) is 0 Å². The van der Waals surface area contributed by atoms with E-state index in [1.807, 2.05) is 0 Å². The molecular formula is C13H9BrN6O. The highest BCUT2D eigenvalue weighted by molar-refractivity contribution is 9.10. The molecule has 0 fully saturated rings. The van der Waals surface area contributed by atoms with Crippen molar-refractivity contribution < 1.29 is 4.79 Å². The van der Waals surface area contributed by atoms with Crippen LogP contribution in [0.15, 0.2) is 53.9 Å². The maximum atomic E-state index is 12.0. The van der Waals surface area contributed by atoms with Crippen LogP contribution < -0.4 is 5.32 Å². The van der Waals surface area contributed by atoms with Gasteiger partial charge in [-0.15, -0.1) is 0 Å². The normalized spacial score (nSPS) is 10.3. The van der Waals surface area contributed by atoms with Crippen molar-refractivity contribution >= 4 is 27.5 Å². The van der Waals surface area contributed by atoms with Crippen LogP contribution in [0.1, 0.15) is 10.4 Å². The molecule has 3 aromatic rings. The summed E-state index contributed by atoms with van der Waals surface area (Å²) in [5.74, 6) is 0.376. The number of carbonyl (C=O) groups is 1. The standard InChI is InChI=1S/C13H9BrN6O/c14-11-3-1-9(5-16-11)13(21)19-10-2-4-12(17-6-10)20-8-15-7-18-20/h1-8H,(H,19,21). The summed E-state index contributed by atoms with van der Waals surface area (Å²) in [5.41, 5.74) is 1.06. The molecule has 1 amide bonds. The number of aromatic nitrogens is 5. The van der Waals surface area contributed by atoms with Crippen LogP contribution in [0.2, 0.25) is 0 Å². The summed E-state index contributed by atoms with van der Waals surface area (Å²) in [6.07, 6.45) is 6.03. The highest BCUT2D eigenvalue weighted by atomic mass is 79.9. The molecular weight excluding hydrogens is 336 g/mol. The third kappa shape index (κ3) is 3.11. The number of hydrogen-bond donors (Lipinski definition) is 1. The van der Waals surface area contributed by atoms with Gasteiger partial charge in [0.25, 0.3) is 5.91 Å². The van der Waals surface area contributed by atoms with Gasteiger partial charge in [0.05, 0.1) is 17.4 Å². The lowest BCUT2D eigenvalue weighted by molar-refractivity contribution is 0.102. The zero-order chi connectivity index (χ0) is 14.7. The summed E-state index contributed by atoms with van der Waals surface area (Å²) >= 11 is 3.22. The minimum absolute atomic E-state index is 0.245. The van der Waals surface area contributed by atoms with Gasteiger partial charge in [0.15, 0.2) is 5.82 Å². The van der Waals surface area contributed by atoms with E-state index in [0.717, 1.165) is 0 Å². The van der Waals surface area contributed by atoms with E-state index < -0.39 is 0 Å². The number of nitrogens with zero attached hydrogens (tertiary/aromatic N) is 5. The summed E-state index contributed by atoms with van der Waals surface area (Å²) in [7, 11) is 0. The number of pyridine rings is 2. The van der Waals surface area contributed by atoms with Gasteiger partial charge < -0.3 is 5.32 Å². The molecule has 0 aliphatic heterocycles. The van der Waals surface area contributed by atoms with Gasteiger partial charge in [0.1, 0.15) is 17.3 Å². The molecule has 8 heteroatoms. The van der Waals surface area contributed by atoms with Gasteiger partial charge in [-0.05, 0) is 40.2 Å². The molecule has 104 valence electrons. The largest absolute Gasteiger partial charge is 0.321 e. The Balaban J connectivity index is 1.73. The van der Waals surface area contributed by atoms with E-state index in [1.165, 1.54) is 17.2 Å². The van der Waals surface area contributed by atoms with Crippen molar-refractivity contribution in [2.45, 2.75) is 0 Å². The Labute approximate surface area is 128 Å². The predicted octanol–water partition coefficient (Wildman–Crippen LogP) is 2.07. The number of halogens is 1. The van der Waals surface area contributed by atoms with Crippen molar-refractivity contribution in [2.75, 3.05) is 5.32 Å². The van der Waals surface area contributed by atoms with E-state index >= 15 is 0 Å². The van der Waals surface area contributed by atoms with Gasteiger partial charge in [-0.2, -0.15) is 5.10 Å². The summed E-state index contributed by atoms with van der Waals surface area (Å²) in [5, 5.41) is 6.72. The molecule has 7 nitrogen and oxygen atoms in total. The second kappa shape index (κ2) is 5.80. The van der Waals surface area contributed by atoms with Crippen molar-refractivity contribution in [2.24, 2.45) is 0 Å². The molecule has 0 bridgehead atoms. The Morgan fingerprint density at radius 1 is 1.14 bits per heavy atom. The molecule has 21 heavy (non-hydrogen) atoms. The molecule has 0 radical (unpaired) electrons. The fourth-order valence-corrected chi connectivity index (χ4v) is 1.87. The summed E-state index contributed by atoms with van der Waals surface area (Å²) < 4.78 is 2.21. The maximum absolute atomic E-state index is 12.0. The Kier molecular flexibility index (Phi) is 3.69. The molecule has 0 saturated heterocycles. The molecule has 0 spiro atoms. The maximum Gasteiger partial charge on any atom is 0.257 e. The number of hydrogen-bond acceptors (Lipinski definition) is 5. The van der Waals surface area contributed by atoms with Gasteiger partial charge in [-0.25, -0.2) is 19.6 Å². The first kappa shape index (κ1) is 13.4. The topological polar surface area (TPSA) is 85.6 Å². The number of amides is 1. The highest BCUT2D eigenvalue weighted by Crippen LogP contribution is 2.11. The van der Waals surface area contributed by atoms with E-state index in [2.05, 4.69) is 41.3 Å². The Hall–Kier alpha value is -2.61. The van der Waals surface area contributed by atoms with Crippen molar-refractivity contribution in [3.05, 3.63) is 59.5 Å². The SMILES string of the molecule is O=C(Nc1ccc(-n2cncn2)nc1)c1ccc(Br)nc1. The first-order valence-corrected chi connectivity index (χ1v) is 6.75. The van der Waals surface area contributed by atoms with Crippen LogP contribution in [-0.2, 0) is 0 Å². The molecule has 0 aliphatic carbocycles. The van der Waals surface area contributed by atoms with Crippen LogP contribution in [0.25, 0.3) is 5.82 Å². The Morgan fingerprint density at radius 3 is 2.67 bits per heavy atom. The minimum atomic E-state index is -0.245. The van der Waals surface area contributed by atoms with Crippen molar-refractivity contribution in [1.29, 1.82) is 0 Å². The van der Waals surface area contributed by atoms with Crippen molar-refractivity contribution in [3.63, 3.8) is 0 Å². The van der Waals surface area contributed by atoms with E-state index in [0.29, 0.717) is 21.7 Å². The molecule has 3 rings (SSSR count). The first-order valence-electron chi connectivity index (χ1n) is 5.96. The number of carbonyl (C=O) groups excluding carboxylic acids is 1. The predicted molar refractivity (Wildman–Crippen MR) is 79.0 cm³/mol. The van der Waals surface area contributed by atoms with Crippen LogP contribution >= 0.6 is 15.9 Å². The summed E-state index contributed by atoms with van der Waals surface area (Å²) in [6.45, 7) is 0. The van der Waals surface area contributed by atoms with Crippen LogP contribution in [0.4, 0.5) is 5.69 Å². The Morgan fingerprint density at radius 2 is 2.05 bits per heavy atom. The molecule has 3 heterocycles. The number of rotatable bonds is 3. The second-order valence-electron chi connectivity index (χ2n) is 4.07. The molecule has 0 atom stereocenters. The van der Waals surface area contributed by atoms with Gasteiger partial charge in [0.2, 0.25) is 0 Å². The second-order valence-corrected chi connectivity index (χ2v) is 4.88. The third-order valence-electron chi connectivity index (χ3n) is 2.65. The van der Waals surface area contributed by atoms with Gasteiger partial charge in [0, 0.05) is 6.20 Å². The summed E-state index contributed by atoms with van der Waals surface area (Å²) in [4.78, 5) is 24.1. The molecule has 0 aromatic carbocycles. The lowest BCUT2D eigenvalue weighted by Crippen LogP contribution is -2.12. The minimum Gasteiger partial charge on any atom is -0.321 e. The average Bonchev–Trinajstić information content (AvgIpc) is 3.03. The van der Waals surface area contributed by atoms with Crippen LogP contribution in [0, 0.1) is 0 Å². The number of nitrogens with one attached hydrogen (secondary N) is 1. The zero-order valence-electron chi connectivity index (χ0n) is 10.6. The van der Waals surface area contributed by atoms with Crippen LogP contribution in [0.5, 0.6) is 0 Å². The molecule has 3 aromatic heterocycles. The fraction of sp³-hybridized carbons (Fsp3) is 0. The van der Waals surface area contributed by atoms with E-state index in [9.17, 15) is 4.79 Å². The quantitative estimate of drug-likeness (QED) is 0.735. The van der Waals surface area contributed by atoms with Gasteiger partial charge in [-0.1, -0.05) is 0 Å². The lowest BCUT2D eigenvalue weighted by atomic mass is 10.2. The first-order chi connectivity index (χ1) is 10.2. The lowest BCUT2D eigenvalue weighted by Gasteiger charge is -2.05. The highest BCUT2D eigenvalue weighted by Gasteiger charge is 2.07. The summed E-state index contributed by atoms with van der Waals surface area (Å²) in [6, 6.07) is 6.88. The van der Waals surface area contributed by atoms with Crippen LogP contribution in [0.3, 0.4) is 0 Å². The van der Waals surface area contributed by atoms with Crippen molar-refractivity contribution in [1.82, 2.24) is 24.7 Å². The number of anilines is 1. The molecule has 1 N–H and O–H groups in total. The monoisotopic (exact) mass is 344 g/mol. The van der Waals surface area contributed by atoms with Crippen molar-refractivity contribution in [3.8, 4) is 5.82 Å². The third-order valence-corrected chi connectivity index (χ3v) is 3.12. The average molecular weight is 345 g/mol. The van der Waals surface area contributed by atoms with Gasteiger partial charge >= 0.3 is 0 Å². The molecule has 0 aliphatic rings. The van der Waals surface area contributed by atoms with E-state index in [1.54, 1.807) is 36.8 Å². The smallest absolute Gasteiger partial charge is 0.257 e. The molecule has 0 unspecified atom stereocenters. The Bertz CT molecular complexity index is 739. The fourth-order valence-electron chi connectivity index (χ4n) is 1.64. The van der Waals surface area contributed by atoms with Gasteiger partial charge in [-0.3, -0.25) is 4.79 Å². The zero-order valence-corrected chi connectivity index (χ0v) is 12.2. The molecule has 0 saturated carbocycles. The van der Waals surface area contributed by atoms with Crippen LogP contribution in [-0.4, -0.2) is 30.6 Å².